The molecule has 0 saturated carbocycles. The number of aryl methyl sites for hydroxylation is 1. The van der Waals surface area contributed by atoms with Crippen LogP contribution in [0.1, 0.15) is 26.5 Å². The molecule has 0 unspecified atom stereocenters. The number of carboxylic acids is 1. The van der Waals surface area contributed by atoms with Crippen molar-refractivity contribution >= 4 is 28.2 Å². The van der Waals surface area contributed by atoms with Crippen molar-refractivity contribution in [2.24, 2.45) is 0 Å². The lowest BCUT2D eigenvalue weighted by Gasteiger charge is -2.01. The van der Waals surface area contributed by atoms with E-state index in [-0.39, 0.29) is 17.2 Å². The third kappa shape index (κ3) is 2.69. The minimum atomic E-state index is -1.02. The van der Waals surface area contributed by atoms with E-state index in [0.29, 0.717) is 10.7 Å². The molecule has 18 heavy (non-hydrogen) atoms. The second kappa shape index (κ2) is 4.92. The number of aromatic carboxylic acids is 1. The quantitative estimate of drug-likeness (QED) is 0.880. The van der Waals surface area contributed by atoms with Crippen LogP contribution in [0.4, 0.5) is 5.00 Å². The molecule has 92 valence electrons. The molecule has 0 bridgehead atoms. The molecule has 0 aliphatic carbocycles. The number of carbonyl (C=O) groups is 2. The molecule has 0 aliphatic rings. The summed E-state index contributed by atoms with van der Waals surface area (Å²) in [4.78, 5) is 30.2. The van der Waals surface area contributed by atoms with E-state index >= 15 is 0 Å². The topological polar surface area (TPSA) is 92.2 Å². The van der Waals surface area contributed by atoms with Crippen LogP contribution >= 0.6 is 11.3 Å². The summed E-state index contributed by atoms with van der Waals surface area (Å²) in [6, 6.07) is 2.96. The van der Waals surface area contributed by atoms with Gasteiger partial charge in [-0.2, -0.15) is 0 Å². The van der Waals surface area contributed by atoms with Gasteiger partial charge in [0.05, 0.1) is 10.6 Å². The van der Waals surface area contributed by atoms with E-state index in [1.807, 2.05) is 0 Å². The van der Waals surface area contributed by atoms with Crippen molar-refractivity contribution in [3.63, 3.8) is 0 Å². The lowest BCUT2D eigenvalue weighted by molar-refractivity contribution is 0.0697. The molecule has 0 aromatic carbocycles. The molecule has 2 aromatic rings. The summed E-state index contributed by atoms with van der Waals surface area (Å²) < 4.78 is 0. The first-order valence-electron chi connectivity index (χ1n) is 4.98. The number of thiophene rings is 1. The average molecular weight is 263 g/mol. The Bertz CT molecular complexity index is 609. The highest BCUT2D eigenvalue weighted by Crippen LogP contribution is 2.20. The van der Waals surface area contributed by atoms with Crippen LogP contribution < -0.4 is 5.32 Å². The molecule has 0 fully saturated rings. The number of rotatable bonds is 3. The van der Waals surface area contributed by atoms with Crippen molar-refractivity contribution in [2.45, 2.75) is 6.92 Å². The zero-order valence-electron chi connectivity index (χ0n) is 9.38. The standard InChI is InChI=1S/C11H9N3O3S/c1-6-2-8(13-5-12-6)10(15)14-9-3-7(4-18-9)11(16)17/h2-5H,1H3,(H,14,15)(H,16,17). The first-order valence-corrected chi connectivity index (χ1v) is 5.86. The summed E-state index contributed by atoms with van der Waals surface area (Å²) in [5.74, 6) is -1.41. The van der Waals surface area contributed by atoms with Crippen molar-refractivity contribution in [3.05, 3.63) is 40.8 Å². The van der Waals surface area contributed by atoms with Crippen molar-refractivity contribution in [1.82, 2.24) is 9.97 Å². The Hall–Kier alpha value is -2.28. The summed E-state index contributed by atoms with van der Waals surface area (Å²) in [6.45, 7) is 1.76. The van der Waals surface area contributed by atoms with Crippen molar-refractivity contribution in [3.8, 4) is 0 Å². The number of nitrogens with zero attached hydrogens (tertiary/aromatic N) is 2. The Labute approximate surface area is 106 Å². The minimum Gasteiger partial charge on any atom is -0.478 e. The number of carboxylic acid groups (broad SMARTS) is 1. The van der Waals surface area contributed by atoms with E-state index in [9.17, 15) is 9.59 Å². The highest BCUT2D eigenvalue weighted by atomic mass is 32.1. The number of hydrogen-bond donors (Lipinski definition) is 2. The first-order chi connectivity index (χ1) is 8.56. The highest BCUT2D eigenvalue weighted by Gasteiger charge is 2.11. The van der Waals surface area contributed by atoms with Crippen LogP contribution in [-0.4, -0.2) is 27.0 Å². The van der Waals surface area contributed by atoms with E-state index in [1.54, 1.807) is 13.0 Å². The number of nitrogens with one attached hydrogen (secondary N) is 1. The fourth-order valence-corrected chi connectivity index (χ4v) is 2.04. The predicted octanol–water partition coefficient (Wildman–Crippen LogP) is 1.80. The Morgan fingerprint density at radius 1 is 1.33 bits per heavy atom. The van der Waals surface area contributed by atoms with Crippen LogP contribution in [0.25, 0.3) is 0 Å². The predicted molar refractivity (Wildman–Crippen MR) is 66.0 cm³/mol. The molecule has 2 heterocycles. The molecule has 0 radical (unpaired) electrons. The van der Waals surface area contributed by atoms with Crippen LogP contribution in [-0.2, 0) is 0 Å². The van der Waals surface area contributed by atoms with E-state index < -0.39 is 5.97 Å². The Morgan fingerprint density at radius 2 is 2.11 bits per heavy atom. The molecular formula is C11H9N3O3S. The SMILES string of the molecule is Cc1cc(C(=O)Nc2cc(C(=O)O)cs2)ncn1. The number of amides is 1. The minimum absolute atomic E-state index is 0.147. The largest absolute Gasteiger partial charge is 0.478 e. The molecule has 7 heteroatoms. The monoisotopic (exact) mass is 263 g/mol. The Kier molecular flexibility index (Phi) is 3.33. The van der Waals surface area contributed by atoms with Gasteiger partial charge >= 0.3 is 5.97 Å². The molecule has 2 N–H and O–H groups in total. The van der Waals surface area contributed by atoms with Gasteiger partial charge in [0.25, 0.3) is 5.91 Å². The summed E-state index contributed by atoms with van der Waals surface area (Å²) in [5, 5.41) is 13.3. The summed E-state index contributed by atoms with van der Waals surface area (Å²) in [7, 11) is 0. The smallest absolute Gasteiger partial charge is 0.336 e. The maximum absolute atomic E-state index is 11.8. The van der Waals surface area contributed by atoms with Gasteiger partial charge in [0, 0.05) is 11.1 Å². The maximum Gasteiger partial charge on any atom is 0.336 e. The molecular weight excluding hydrogens is 254 g/mol. The molecule has 0 atom stereocenters. The van der Waals surface area contributed by atoms with Gasteiger partial charge in [0.15, 0.2) is 0 Å². The van der Waals surface area contributed by atoms with E-state index in [0.717, 1.165) is 11.3 Å². The van der Waals surface area contributed by atoms with Crippen molar-refractivity contribution in [1.29, 1.82) is 0 Å². The molecule has 1 amide bonds. The van der Waals surface area contributed by atoms with Gasteiger partial charge in [-0.05, 0) is 19.1 Å². The third-order valence-corrected chi connectivity index (χ3v) is 2.97. The number of anilines is 1. The van der Waals surface area contributed by atoms with Crippen LogP contribution in [0.15, 0.2) is 23.8 Å². The van der Waals surface area contributed by atoms with Crippen LogP contribution in [0.2, 0.25) is 0 Å². The molecule has 2 aromatic heterocycles. The zero-order valence-corrected chi connectivity index (χ0v) is 10.2. The molecule has 0 aliphatic heterocycles. The van der Waals surface area contributed by atoms with Crippen LogP contribution in [0.3, 0.4) is 0 Å². The maximum atomic E-state index is 11.8. The molecule has 0 spiro atoms. The van der Waals surface area contributed by atoms with Crippen molar-refractivity contribution in [2.75, 3.05) is 5.32 Å². The molecule has 2 rings (SSSR count). The summed E-state index contributed by atoms with van der Waals surface area (Å²) in [6.07, 6.45) is 1.31. The number of aromatic nitrogens is 2. The zero-order chi connectivity index (χ0) is 13.1. The van der Waals surface area contributed by atoms with Gasteiger partial charge < -0.3 is 10.4 Å². The Balaban J connectivity index is 2.13. The average Bonchev–Trinajstić information content (AvgIpc) is 2.77. The van der Waals surface area contributed by atoms with Gasteiger partial charge in [-0.3, -0.25) is 4.79 Å². The number of hydrogen-bond acceptors (Lipinski definition) is 5. The number of carbonyl (C=O) groups excluding carboxylic acids is 1. The van der Waals surface area contributed by atoms with Gasteiger partial charge in [0.2, 0.25) is 0 Å². The fourth-order valence-electron chi connectivity index (χ4n) is 1.27. The summed E-state index contributed by atoms with van der Waals surface area (Å²) in [5.41, 5.74) is 1.08. The third-order valence-electron chi connectivity index (χ3n) is 2.12. The van der Waals surface area contributed by atoms with E-state index in [4.69, 9.17) is 5.11 Å². The normalized spacial score (nSPS) is 10.1. The second-order valence-electron chi connectivity index (χ2n) is 3.50. The summed E-state index contributed by atoms with van der Waals surface area (Å²) >= 11 is 1.15. The van der Waals surface area contributed by atoms with E-state index in [1.165, 1.54) is 17.8 Å². The van der Waals surface area contributed by atoms with Crippen LogP contribution in [0, 0.1) is 6.92 Å². The highest BCUT2D eigenvalue weighted by molar-refractivity contribution is 7.14. The Morgan fingerprint density at radius 3 is 2.72 bits per heavy atom. The lowest BCUT2D eigenvalue weighted by Crippen LogP contribution is -2.13. The van der Waals surface area contributed by atoms with Gasteiger partial charge in [-0.25, -0.2) is 14.8 Å². The van der Waals surface area contributed by atoms with Gasteiger partial charge in [0.1, 0.15) is 12.0 Å². The first kappa shape index (κ1) is 12.2. The van der Waals surface area contributed by atoms with E-state index in [2.05, 4.69) is 15.3 Å². The van der Waals surface area contributed by atoms with Gasteiger partial charge in [-0.15, -0.1) is 11.3 Å². The fraction of sp³-hybridized carbons (Fsp3) is 0.0909. The second-order valence-corrected chi connectivity index (χ2v) is 4.41. The molecule has 6 nitrogen and oxygen atoms in total. The van der Waals surface area contributed by atoms with Crippen molar-refractivity contribution < 1.29 is 14.7 Å². The molecule has 0 saturated heterocycles. The van der Waals surface area contributed by atoms with Crippen LogP contribution in [0.5, 0.6) is 0 Å². The lowest BCUT2D eigenvalue weighted by atomic mass is 10.3. The van der Waals surface area contributed by atoms with Gasteiger partial charge in [-0.1, -0.05) is 0 Å².